The Morgan fingerprint density at radius 2 is 2.13 bits per heavy atom. The fourth-order valence-corrected chi connectivity index (χ4v) is 2.57. The number of ether oxygens (including phenoxy) is 1. The van der Waals surface area contributed by atoms with Crippen LogP contribution < -0.4 is 0 Å². The van der Waals surface area contributed by atoms with E-state index in [9.17, 15) is 5.11 Å². The lowest BCUT2D eigenvalue weighted by molar-refractivity contribution is -0.0968. The first-order valence-electron chi connectivity index (χ1n) is 5.90. The molecule has 0 saturated carbocycles. The molecule has 0 aromatic carbocycles. The summed E-state index contributed by atoms with van der Waals surface area (Å²) in [5.41, 5.74) is 0.279. The fourth-order valence-electron chi connectivity index (χ4n) is 2.57. The van der Waals surface area contributed by atoms with Gasteiger partial charge in [-0.25, -0.2) is 0 Å². The Balaban J connectivity index is 2.76. The summed E-state index contributed by atoms with van der Waals surface area (Å²) in [6, 6.07) is 0. The molecule has 1 aliphatic rings. The highest BCUT2D eigenvalue weighted by Gasteiger charge is 2.36. The Labute approximate surface area is 93.3 Å². The molecule has 2 heteroatoms. The molecule has 1 heterocycles. The highest BCUT2D eigenvalue weighted by molar-refractivity contribution is 5.04. The van der Waals surface area contributed by atoms with Crippen LogP contribution >= 0.6 is 0 Å². The summed E-state index contributed by atoms with van der Waals surface area (Å²) in [4.78, 5) is 0. The van der Waals surface area contributed by atoms with Gasteiger partial charge >= 0.3 is 0 Å². The van der Waals surface area contributed by atoms with Gasteiger partial charge in [-0.05, 0) is 33.1 Å². The summed E-state index contributed by atoms with van der Waals surface area (Å²) < 4.78 is 5.76. The highest BCUT2D eigenvalue weighted by atomic mass is 16.5. The van der Waals surface area contributed by atoms with E-state index >= 15 is 0 Å². The topological polar surface area (TPSA) is 29.5 Å². The maximum absolute atomic E-state index is 10.5. The molecular weight excluding hydrogens is 188 g/mol. The summed E-state index contributed by atoms with van der Waals surface area (Å²) in [5.74, 6) is 0. The van der Waals surface area contributed by atoms with Crippen molar-refractivity contribution in [1.29, 1.82) is 0 Å². The molecule has 0 radical (unpaired) electrons. The molecule has 88 valence electrons. The largest absolute Gasteiger partial charge is 0.389 e. The van der Waals surface area contributed by atoms with Crippen LogP contribution in [0, 0.1) is 0 Å². The Kier molecular flexibility index (Phi) is 3.96. The monoisotopic (exact) mass is 212 g/mol. The molecule has 0 amide bonds. The Morgan fingerprint density at radius 3 is 2.73 bits per heavy atom. The number of hydrogen-bond donors (Lipinski definition) is 1. The fraction of sp³-hybridized carbons (Fsp3) is 0.846. The average molecular weight is 212 g/mol. The molecule has 0 aromatic rings. The van der Waals surface area contributed by atoms with E-state index in [1.807, 2.05) is 0 Å². The first-order chi connectivity index (χ1) is 6.87. The molecule has 1 atom stereocenters. The molecule has 15 heavy (non-hydrogen) atoms. The summed E-state index contributed by atoms with van der Waals surface area (Å²) in [7, 11) is 0. The van der Waals surface area contributed by atoms with Crippen LogP contribution in [-0.4, -0.2) is 22.9 Å². The molecule has 0 spiro atoms. The van der Waals surface area contributed by atoms with Crippen LogP contribution in [0.5, 0.6) is 0 Å². The maximum Gasteiger partial charge on any atom is 0.0711 e. The first-order valence-corrected chi connectivity index (χ1v) is 5.90. The third kappa shape index (κ3) is 3.96. The Bertz CT molecular complexity index is 233. The third-order valence-corrected chi connectivity index (χ3v) is 3.00. The summed E-state index contributed by atoms with van der Waals surface area (Å²) in [6.45, 7) is 11.0. The molecule has 1 aliphatic heterocycles. The van der Waals surface area contributed by atoms with Crippen molar-refractivity contribution in [3.8, 4) is 0 Å². The van der Waals surface area contributed by atoms with Crippen molar-refractivity contribution in [2.24, 2.45) is 0 Å². The molecule has 1 unspecified atom stereocenters. The van der Waals surface area contributed by atoms with E-state index in [1.54, 1.807) is 0 Å². The van der Waals surface area contributed by atoms with Crippen LogP contribution in [0.15, 0.2) is 12.2 Å². The zero-order valence-electron chi connectivity index (χ0n) is 10.3. The summed E-state index contributed by atoms with van der Waals surface area (Å²) in [5, 5.41) is 10.5. The van der Waals surface area contributed by atoms with Crippen LogP contribution in [0.2, 0.25) is 0 Å². The standard InChI is InChI=1S/C13H24O2/c1-5-7-13(14)9-11(2)6-8-15-12(3,4)10-13/h14H,2,5-10H2,1,3-4H3. The highest BCUT2D eigenvalue weighted by Crippen LogP contribution is 2.35. The smallest absolute Gasteiger partial charge is 0.0711 e. The number of rotatable bonds is 2. The van der Waals surface area contributed by atoms with Crippen LogP contribution in [0.1, 0.15) is 52.9 Å². The van der Waals surface area contributed by atoms with Gasteiger partial charge in [0, 0.05) is 6.42 Å². The van der Waals surface area contributed by atoms with Crippen molar-refractivity contribution in [2.45, 2.75) is 64.1 Å². The lowest BCUT2D eigenvalue weighted by Gasteiger charge is -2.39. The van der Waals surface area contributed by atoms with Crippen molar-refractivity contribution >= 4 is 0 Å². The zero-order chi connectivity index (χ0) is 11.5. The van der Waals surface area contributed by atoms with Crippen molar-refractivity contribution < 1.29 is 9.84 Å². The van der Waals surface area contributed by atoms with Crippen molar-refractivity contribution in [3.05, 3.63) is 12.2 Å². The Morgan fingerprint density at radius 1 is 1.47 bits per heavy atom. The SMILES string of the molecule is C=C1CCOC(C)(C)CC(O)(CCC)C1. The van der Waals surface area contributed by atoms with E-state index in [4.69, 9.17) is 4.74 Å². The van der Waals surface area contributed by atoms with Crippen molar-refractivity contribution in [3.63, 3.8) is 0 Å². The predicted octanol–water partition coefficient (Wildman–Crippen LogP) is 3.05. The van der Waals surface area contributed by atoms with Gasteiger partial charge in [-0.3, -0.25) is 0 Å². The van der Waals surface area contributed by atoms with E-state index in [0.29, 0.717) is 6.42 Å². The minimum atomic E-state index is -0.615. The minimum Gasteiger partial charge on any atom is -0.389 e. The Hall–Kier alpha value is -0.340. The van der Waals surface area contributed by atoms with E-state index < -0.39 is 5.60 Å². The quantitative estimate of drug-likeness (QED) is 0.713. The molecular formula is C13H24O2. The number of hydrogen-bond acceptors (Lipinski definition) is 2. The summed E-state index contributed by atoms with van der Waals surface area (Å²) in [6.07, 6.45) is 4.13. The minimum absolute atomic E-state index is 0.218. The van der Waals surface area contributed by atoms with Gasteiger partial charge in [-0.1, -0.05) is 25.5 Å². The second kappa shape index (κ2) is 4.67. The molecule has 1 N–H and O–H groups in total. The van der Waals surface area contributed by atoms with E-state index in [0.717, 1.165) is 37.9 Å². The second-order valence-corrected chi connectivity index (χ2v) is 5.44. The first kappa shape index (κ1) is 12.7. The van der Waals surface area contributed by atoms with Gasteiger partial charge in [-0.15, -0.1) is 0 Å². The molecule has 0 aromatic heterocycles. The molecule has 0 bridgehead atoms. The van der Waals surface area contributed by atoms with Crippen molar-refractivity contribution in [2.75, 3.05) is 6.61 Å². The molecule has 1 saturated heterocycles. The van der Waals surface area contributed by atoms with Gasteiger partial charge in [0.1, 0.15) is 0 Å². The normalized spacial score (nSPS) is 32.1. The maximum atomic E-state index is 10.5. The molecule has 2 nitrogen and oxygen atoms in total. The zero-order valence-corrected chi connectivity index (χ0v) is 10.3. The third-order valence-electron chi connectivity index (χ3n) is 3.00. The second-order valence-electron chi connectivity index (χ2n) is 5.44. The van der Waals surface area contributed by atoms with Gasteiger partial charge in [0.25, 0.3) is 0 Å². The molecule has 1 fully saturated rings. The van der Waals surface area contributed by atoms with Gasteiger partial charge in [0.2, 0.25) is 0 Å². The van der Waals surface area contributed by atoms with Crippen LogP contribution in [0.25, 0.3) is 0 Å². The van der Waals surface area contributed by atoms with Gasteiger partial charge in [-0.2, -0.15) is 0 Å². The van der Waals surface area contributed by atoms with Crippen LogP contribution in [-0.2, 0) is 4.74 Å². The number of aliphatic hydroxyl groups is 1. The van der Waals surface area contributed by atoms with Gasteiger partial charge in [0.05, 0.1) is 17.8 Å². The van der Waals surface area contributed by atoms with Crippen LogP contribution in [0.3, 0.4) is 0 Å². The van der Waals surface area contributed by atoms with E-state index in [2.05, 4.69) is 27.4 Å². The average Bonchev–Trinajstić information content (AvgIpc) is 1.99. The van der Waals surface area contributed by atoms with E-state index in [-0.39, 0.29) is 5.60 Å². The van der Waals surface area contributed by atoms with Crippen LogP contribution in [0.4, 0.5) is 0 Å². The van der Waals surface area contributed by atoms with Gasteiger partial charge in [0.15, 0.2) is 0 Å². The lowest BCUT2D eigenvalue weighted by atomic mass is 9.80. The van der Waals surface area contributed by atoms with Gasteiger partial charge < -0.3 is 9.84 Å². The van der Waals surface area contributed by atoms with E-state index in [1.165, 1.54) is 0 Å². The molecule has 0 aliphatic carbocycles. The molecule has 1 rings (SSSR count). The lowest BCUT2D eigenvalue weighted by Crippen LogP contribution is -2.41. The predicted molar refractivity (Wildman–Crippen MR) is 62.9 cm³/mol. The van der Waals surface area contributed by atoms with Crippen molar-refractivity contribution in [1.82, 2.24) is 0 Å². The summed E-state index contributed by atoms with van der Waals surface area (Å²) >= 11 is 0.